The van der Waals surface area contributed by atoms with Crippen LogP contribution in [0.2, 0.25) is 0 Å². The van der Waals surface area contributed by atoms with Gasteiger partial charge in [-0.3, -0.25) is 4.98 Å². The molecule has 0 aromatic carbocycles. The number of aromatic nitrogens is 1. The molecule has 140 valence electrons. The number of nitrogens with zero attached hydrogens (tertiary/aromatic N) is 2. The third kappa shape index (κ3) is 4.95. The van der Waals surface area contributed by atoms with Crippen molar-refractivity contribution in [3.05, 3.63) is 24.0 Å². The quantitative estimate of drug-likeness (QED) is 0.887. The van der Waals surface area contributed by atoms with Crippen molar-refractivity contribution < 1.29 is 4.74 Å². The molecule has 0 bridgehead atoms. The van der Waals surface area contributed by atoms with E-state index in [1.807, 2.05) is 19.5 Å². The number of hydrogen-bond donors (Lipinski definition) is 1. The monoisotopic (exact) mass is 345 g/mol. The highest BCUT2D eigenvalue weighted by Gasteiger charge is 2.29. The van der Waals surface area contributed by atoms with Gasteiger partial charge < -0.3 is 15.0 Å². The van der Waals surface area contributed by atoms with E-state index in [1.165, 1.54) is 62.9 Å². The maximum atomic E-state index is 5.51. The van der Waals surface area contributed by atoms with Gasteiger partial charge in [-0.05, 0) is 55.6 Å². The Kier molecular flexibility index (Phi) is 6.00. The third-order valence-electron chi connectivity index (χ3n) is 6.00. The number of hydrogen-bond acceptors (Lipinski definition) is 4. The summed E-state index contributed by atoms with van der Waals surface area (Å²) in [7, 11) is 1.85. The number of pyridine rings is 1. The zero-order valence-electron chi connectivity index (χ0n) is 16.4. The highest BCUT2D eigenvalue weighted by Crippen LogP contribution is 2.28. The van der Waals surface area contributed by atoms with E-state index in [-0.39, 0.29) is 5.41 Å². The number of rotatable bonds is 4. The Hall–Kier alpha value is -1.13. The normalized spacial score (nSPS) is 26.6. The lowest BCUT2D eigenvalue weighted by atomic mass is 9.88. The molecule has 4 nitrogen and oxygen atoms in total. The highest BCUT2D eigenvalue weighted by atomic mass is 16.5. The molecule has 0 unspecified atom stereocenters. The van der Waals surface area contributed by atoms with Crippen LogP contribution in [0.15, 0.2) is 18.5 Å². The molecule has 25 heavy (non-hydrogen) atoms. The minimum absolute atomic E-state index is 0.148. The second kappa shape index (κ2) is 8.05. The van der Waals surface area contributed by atoms with Gasteiger partial charge in [0.1, 0.15) is 0 Å². The molecule has 2 heterocycles. The largest absolute Gasteiger partial charge is 0.381 e. The van der Waals surface area contributed by atoms with Crippen LogP contribution in [0.5, 0.6) is 0 Å². The Morgan fingerprint density at radius 1 is 1.04 bits per heavy atom. The van der Waals surface area contributed by atoms with E-state index in [2.05, 4.69) is 42.0 Å². The van der Waals surface area contributed by atoms with Crippen LogP contribution in [-0.4, -0.2) is 48.3 Å². The summed E-state index contributed by atoms with van der Waals surface area (Å²) in [6.07, 6.45) is 12.0. The Bertz CT molecular complexity index is 538. The predicted molar refractivity (Wildman–Crippen MR) is 104 cm³/mol. The van der Waals surface area contributed by atoms with Crippen molar-refractivity contribution in [2.45, 2.75) is 82.9 Å². The number of anilines is 1. The van der Waals surface area contributed by atoms with Crippen LogP contribution in [0.3, 0.4) is 0 Å². The molecule has 1 saturated heterocycles. The third-order valence-corrected chi connectivity index (χ3v) is 6.00. The number of nitrogens with one attached hydrogen (secondary N) is 1. The molecule has 1 aromatic heterocycles. The Morgan fingerprint density at radius 3 is 2.32 bits per heavy atom. The highest BCUT2D eigenvalue weighted by molar-refractivity contribution is 5.45. The van der Waals surface area contributed by atoms with Crippen molar-refractivity contribution in [3.8, 4) is 0 Å². The maximum Gasteiger partial charge on any atom is 0.0572 e. The molecule has 2 fully saturated rings. The minimum Gasteiger partial charge on any atom is -0.381 e. The molecule has 1 saturated carbocycles. The summed E-state index contributed by atoms with van der Waals surface area (Å²) in [5.41, 5.74) is 2.62. The fourth-order valence-electron chi connectivity index (χ4n) is 4.22. The molecule has 4 heteroatoms. The summed E-state index contributed by atoms with van der Waals surface area (Å²) in [5.74, 6) is 0. The Morgan fingerprint density at radius 2 is 1.72 bits per heavy atom. The van der Waals surface area contributed by atoms with Crippen molar-refractivity contribution in [2.24, 2.45) is 0 Å². The Balaban J connectivity index is 1.48. The van der Waals surface area contributed by atoms with Gasteiger partial charge in [0.25, 0.3) is 0 Å². The summed E-state index contributed by atoms with van der Waals surface area (Å²) in [6, 6.07) is 3.62. The predicted octanol–water partition coefficient (Wildman–Crippen LogP) is 4.21. The first-order valence-electron chi connectivity index (χ1n) is 9.94. The summed E-state index contributed by atoms with van der Waals surface area (Å²) in [4.78, 5) is 7.15. The fourth-order valence-corrected chi connectivity index (χ4v) is 4.22. The van der Waals surface area contributed by atoms with Gasteiger partial charge in [0.2, 0.25) is 0 Å². The van der Waals surface area contributed by atoms with E-state index in [1.54, 1.807) is 0 Å². The summed E-state index contributed by atoms with van der Waals surface area (Å²) in [5, 5.41) is 3.72. The van der Waals surface area contributed by atoms with Gasteiger partial charge >= 0.3 is 0 Å². The minimum atomic E-state index is 0.148. The van der Waals surface area contributed by atoms with Gasteiger partial charge in [-0.2, -0.15) is 0 Å². The first-order chi connectivity index (χ1) is 12.0. The van der Waals surface area contributed by atoms with E-state index in [4.69, 9.17) is 4.74 Å². The lowest BCUT2D eigenvalue weighted by molar-refractivity contribution is 0.0329. The standard InChI is InChI=1S/C21H35N3O/c1-21(2,3)16-13-18(15-22-14-16)23-17-9-11-24(12-10-17)19-5-7-20(25-4)8-6-19/h13-15,17,19-20,23H,5-12H2,1-4H3. The molecule has 1 aliphatic carbocycles. The van der Waals surface area contributed by atoms with Crippen LogP contribution < -0.4 is 5.32 Å². The van der Waals surface area contributed by atoms with Crippen LogP contribution >= 0.6 is 0 Å². The van der Waals surface area contributed by atoms with Crippen LogP contribution in [-0.2, 0) is 10.2 Å². The summed E-state index contributed by atoms with van der Waals surface area (Å²) >= 11 is 0. The second-order valence-electron chi connectivity index (χ2n) is 8.83. The van der Waals surface area contributed by atoms with E-state index < -0.39 is 0 Å². The van der Waals surface area contributed by atoms with Gasteiger partial charge in [0.15, 0.2) is 0 Å². The van der Waals surface area contributed by atoms with Crippen molar-refractivity contribution >= 4 is 5.69 Å². The van der Waals surface area contributed by atoms with Crippen molar-refractivity contribution in [1.29, 1.82) is 0 Å². The van der Waals surface area contributed by atoms with Gasteiger partial charge in [0, 0.05) is 44.7 Å². The van der Waals surface area contributed by atoms with Crippen molar-refractivity contribution in [1.82, 2.24) is 9.88 Å². The van der Waals surface area contributed by atoms with E-state index >= 15 is 0 Å². The molecule has 3 rings (SSSR count). The molecule has 1 aliphatic heterocycles. The van der Waals surface area contributed by atoms with Crippen LogP contribution in [0.1, 0.15) is 64.9 Å². The first-order valence-corrected chi connectivity index (χ1v) is 9.94. The molecule has 1 N–H and O–H groups in total. The number of piperidine rings is 1. The number of methoxy groups -OCH3 is 1. The van der Waals surface area contributed by atoms with Crippen LogP contribution in [0.4, 0.5) is 5.69 Å². The number of likely N-dealkylation sites (tertiary alicyclic amines) is 1. The van der Waals surface area contributed by atoms with Gasteiger partial charge in [-0.15, -0.1) is 0 Å². The van der Waals surface area contributed by atoms with Crippen LogP contribution in [0, 0.1) is 0 Å². The average Bonchev–Trinajstić information content (AvgIpc) is 2.62. The lowest BCUT2D eigenvalue weighted by Crippen LogP contribution is -2.46. The van der Waals surface area contributed by atoms with Gasteiger partial charge in [0.05, 0.1) is 11.8 Å². The zero-order chi connectivity index (χ0) is 17.9. The number of ether oxygens (including phenoxy) is 1. The first kappa shape index (κ1) is 18.7. The second-order valence-corrected chi connectivity index (χ2v) is 8.83. The molecular weight excluding hydrogens is 310 g/mol. The fraction of sp³-hybridized carbons (Fsp3) is 0.762. The van der Waals surface area contributed by atoms with Crippen molar-refractivity contribution in [2.75, 3.05) is 25.5 Å². The molecule has 1 aromatic rings. The summed E-state index contributed by atoms with van der Waals surface area (Å²) < 4.78 is 5.51. The molecule has 2 aliphatic rings. The maximum absolute atomic E-state index is 5.51. The molecule has 0 atom stereocenters. The SMILES string of the molecule is COC1CCC(N2CCC(Nc3cncc(C(C)(C)C)c3)CC2)CC1. The van der Waals surface area contributed by atoms with Crippen LogP contribution in [0.25, 0.3) is 0 Å². The molecular formula is C21H35N3O. The molecule has 0 amide bonds. The zero-order valence-corrected chi connectivity index (χ0v) is 16.4. The van der Waals surface area contributed by atoms with Crippen molar-refractivity contribution in [3.63, 3.8) is 0 Å². The van der Waals surface area contributed by atoms with E-state index in [0.29, 0.717) is 12.1 Å². The smallest absolute Gasteiger partial charge is 0.0572 e. The Labute approximate surface area is 153 Å². The molecule has 0 radical (unpaired) electrons. The van der Waals surface area contributed by atoms with E-state index in [9.17, 15) is 0 Å². The van der Waals surface area contributed by atoms with E-state index in [0.717, 1.165) is 6.04 Å². The van der Waals surface area contributed by atoms with Gasteiger partial charge in [-0.1, -0.05) is 20.8 Å². The summed E-state index contributed by atoms with van der Waals surface area (Å²) in [6.45, 7) is 9.15. The van der Waals surface area contributed by atoms with Gasteiger partial charge in [-0.25, -0.2) is 0 Å². The molecule has 0 spiro atoms. The average molecular weight is 346 g/mol. The topological polar surface area (TPSA) is 37.4 Å². The lowest BCUT2D eigenvalue weighted by Gasteiger charge is -2.41.